The number of carbonyl (C=O) groups is 1. The minimum Gasteiger partial charge on any atom is -0.373 e. The zero-order valence-electron chi connectivity index (χ0n) is 12.2. The molecular weight excluding hydrogens is 278 g/mol. The molecule has 5 heteroatoms. The molecule has 1 aromatic carbocycles. The molecule has 1 fully saturated rings. The van der Waals surface area contributed by atoms with Gasteiger partial charge in [-0.15, -0.1) is 0 Å². The number of amides is 2. The summed E-state index contributed by atoms with van der Waals surface area (Å²) in [6.07, 6.45) is 4.95. The summed E-state index contributed by atoms with van der Waals surface area (Å²) in [5.41, 5.74) is 1.89. The number of benzene rings is 1. The first-order valence-corrected chi connectivity index (χ1v) is 7.45. The number of pyridine rings is 1. The average molecular weight is 297 g/mol. The van der Waals surface area contributed by atoms with Gasteiger partial charge in [-0.3, -0.25) is 4.98 Å². The van der Waals surface area contributed by atoms with Crippen molar-refractivity contribution in [3.05, 3.63) is 60.4 Å². The molecule has 3 rings (SSSR count). The number of urea groups is 1. The highest BCUT2D eigenvalue weighted by Crippen LogP contribution is 2.27. The van der Waals surface area contributed by atoms with Crippen LogP contribution in [0.1, 0.15) is 24.5 Å². The maximum Gasteiger partial charge on any atom is 0.319 e. The molecule has 2 aromatic rings. The van der Waals surface area contributed by atoms with Gasteiger partial charge in [-0.25, -0.2) is 4.79 Å². The Morgan fingerprint density at radius 1 is 1.14 bits per heavy atom. The highest BCUT2D eigenvalue weighted by Gasteiger charge is 2.24. The number of carbonyl (C=O) groups excluding carboxylic acids is 1. The molecule has 1 aromatic heterocycles. The normalized spacial score (nSPS) is 21.1. The second-order valence-electron chi connectivity index (χ2n) is 5.33. The summed E-state index contributed by atoms with van der Waals surface area (Å²) in [4.78, 5) is 16.0. The number of aromatic nitrogens is 1. The van der Waals surface area contributed by atoms with Crippen molar-refractivity contribution in [3.63, 3.8) is 0 Å². The molecule has 0 radical (unpaired) electrons. The Balaban J connectivity index is 1.55. The topological polar surface area (TPSA) is 63.2 Å². The number of anilines is 1. The largest absolute Gasteiger partial charge is 0.373 e. The van der Waals surface area contributed by atoms with Gasteiger partial charge in [-0.05, 0) is 30.5 Å². The molecule has 5 nitrogen and oxygen atoms in total. The first-order chi connectivity index (χ1) is 10.8. The van der Waals surface area contributed by atoms with E-state index in [2.05, 4.69) is 27.8 Å². The molecule has 2 N–H and O–H groups in total. The Bertz CT molecular complexity index is 604. The van der Waals surface area contributed by atoms with Crippen molar-refractivity contribution in [3.8, 4) is 0 Å². The van der Waals surface area contributed by atoms with Crippen LogP contribution in [-0.2, 0) is 4.74 Å². The summed E-state index contributed by atoms with van der Waals surface area (Å²) < 4.78 is 5.81. The molecular formula is C17H19N3O2. The van der Waals surface area contributed by atoms with Crippen molar-refractivity contribution < 1.29 is 9.53 Å². The van der Waals surface area contributed by atoms with Gasteiger partial charge in [0, 0.05) is 30.7 Å². The molecule has 114 valence electrons. The molecule has 22 heavy (non-hydrogen) atoms. The molecule has 2 atom stereocenters. The van der Waals surface area contributed by atoms with Crippen molar-refractivity contribution >= 4 is 11.7 Å². The quantitative estimate of drug-likeness (QED) is 0.915. The van der Waals surface area contributed by atoms with E-state index in [1.807, 2.05) is 18.2 Å². The Morgan fingerprint density at radius 3 is 2.68 bits per heavy atom. The summed E-state index contributed by atoms with van der Waals surface area (Å²) in [7, 11) is 0. The van der Waals surface area contributed by atoms with E-state index in [-0.39, 0.29) is 18.2 Å². The van der Waals surface area contributed by atoms with Crippen LogP contribution in [0.3, 0.4) is 0 Å². The molecule has 2 unspecified atom stereocenters. The Kier molecular flexibility index (Phi) is 4.65. The maximum atomic E-state index is 12.0. The Labute approximate surface area is 129 Å². The van der Waals surface area contributed by atoms with Gasteiger partial charge in [0.1, 0.15) is 0 Å². The summed E-state index contributed by atoms with van der Waals surface area (Å²) in [6.45, 7) is 0.653. The lowest BCUT2D eigenvalue weighted by molar-refractivity contribution is 0.00254. The van der Waals surface area contributed by atoms with Crippen molar-refractivity contribution in [2.45, 2.75) is 25.0 Å². The zero-order chi connectivity index (χ0) is 15.2. The first kappa shape index (κ1) is 14.5. The van der Waals surface area contributed by atoms with Gasteiger partial charge < -0.3 is 15.4 Å². The minimum atomic E-state index is -0.190. The maximum absolute atomic E-state index is 12.0. The number of ether oxygens (including phenoxy) is 1. The van der Waals surface area contributed by atoms with Crippen LogP contribution in [-0.4, -0.2) is 23.7 Å². The van der Waals surface area contributed by atoms with Gasteiger partial charge in [0.15, 0.2) is 0 Å². The third-order valence-electron chi connectivity index (χ3n) is 3.73. The van der Waals surface area contributed by atoms with Crippen LogP contribution in [0.5, 0.6) is 0 Å². The molecule has 0 spiro atoms. The number of hydrogen-bond acceptors (Lipinski definition) is 3. The minimum absolute atomic E-state index is 0.0428. The third kappa shape index (κ3) is 3.83. The van der Waals surface area contributed by atoms with Gasteiger partial charge in [0.25, 0.3) is 0 Å². The fourth-order valence-corrected chi connectivity index (χ4v) is 2.62. The molecule has 2 amide bonds. The smallest absolute Gasteiger partial charge is 0.319 e. The molecule has 1 saturated heterocycles. The van der Waals surface area contributed by atoms with Gasteiger partial charge in [-0.2, -0.15) is 0 Å². The van der Waals surface area contributed by atoms with E-state index in [0.29, 0.717) is 6.61 Å². The van der Waals surface area contributed by atoms with E-state index in [9.17, 15) is 4.79 Å². The van der Waals surface area contributed by atoms with Crippen LogP contribution >= 0.6 is 0 Å². The number of hydrogen-bond donors (Lipinski definition) is 2. The van der Waals surface area contributed by atoms with E-state index < -0.39 is 0 Å². The van der Waals surface area contributed by atoms with Crippen LogP contribution in [0.2, 0.25) is 0 Å². The average Bonchev–Trinajstić information content (AvgIpc) is 2.57. The molecule has 0 bridgehead atoms. The molecule has 1 aliphatic heterocycles. The van der Waals surface area contributed by atoms with Crippen LogP contribution in [0.15, 0.2) is 54.9 Å². The number of nitrogens with zero attached hydrogens (tertiary/aromatic N) is 1. The Hall–Kier alpha value is -2.40. The lowest BCUT2D eigenvalue weighted by Gasteiger charge is -2.30. The summed E-state index contributed by atoms with van der Waals surface area (Å²) in [6, 6.07) is 13.6. The second-order valence-corrected chi connectivity index (χ2v) is 5.33. The molecule has 2 heterocycles. The van der Waals surface area contributed by atoms with Crippen molar-refractivity contribution in [2.75, 3.05) is 11.9 Å². The predicted molar refractivity (Wildman–Crippen MR) is 84.5 cm³/mol. The standard InChI is InChI=1S/C17H19N3O2/c21-17(19-14-6-9-18-10-7-14)20-15-8-11-22-16(12-15)13-4-2-1-3-5-13/h1-7,9-10,15-16H,8,11-12H2,(H2,18,19,20,21). The van der Waals surface area contributed by atoms with E-state index in [4.69, 9.17) is 4.74 Å². The summed E-state index contributed by atoms with van der Waals surface area (Å²) in [5, 5.41) is 5.83. The lowest BCUT2D eigenvalue weighted by Crippen LogP contribution is -2.42. The zero-order valence-corrected chi connectivity index (χ0v) is 12.2. The van der Waals surface area contributed by atoms with Gasteiger partial charge >= 0.3 is 6.03 Å². The van der Waals surface area contributed by atoms with E-state index in [0.717, 1.165) is 24.1 Å². The predicted octanol–water partition coefficient (Wildman–Crippen LogP) is 3.12. The van der Waals surface area contributed by atoms with Crippen LogP contribution < -0.4 is 10.6 Å². The highest BCUT2D eigenvalue weighted by atomic mass is 16.5. The Morgan fingerprint density at radius 2 is 1.91 bits per heavy atom. The summed E-state index contributed by atoms with van der Waals surface area (Å²) in [5.74, 6) is 0. The second kappa shape index (κ2) is 7.04. The van der Waals surface area contributed by atoms with Crippen LogP contribution in [0.25, 0.3) is 0 Å². The van der Waals surface area contributed by atoms with E-state index >= 15 is 0 Å². The first-order valence-electron chi connectivity index (χ1n) is 7.45. The van der Waals surface area contributed by atoms with Crippen LogP contribution in [0, 0.1) is 0 Å². The van der Waals surface area contributed by atoms with E-state index in [1.54, 1.807) is 24.5 Å². The van der Waals surface area contributed by atoms with Crippen molar-refractivity contribution in [2.24, 2.45) is 0 Å². The fraction of sp³-hybridized carbons (Fsp3) is 0.294. The van der Waals surface area contributed by atoms with E-state index in [1.165, 1.54) is 0 Å². The number of nitrogens with one attached hydrogen (secondary N) is 2. The molecule has 0 saturated carbocycles. The highest BCUT2D eigenvalue weighted by molar-refractivity contribution is 5.89. The lowest BCUT2D eigenvalue weighted by atomic mass is 9.97. The van der Waals surface area contributed by atoms with Gasteiger partial charge in [0.05, 0.1) is 6.10 Å². The van der Waals surface area contributed by atoms with Gasteiger partial charge in [-0.1, -0.05) is 30.3 Å². The van der Waals surface area contributed by atoms with Crippen molar-refractivity contribution in [1.82, 2.24) is 10.3 Å². The SMILES string of the molecule is O=C(Nc1ccncc1)NC1CCOC(c2ccccc2)C1. The molecule has 1 aliphatic rings. The molecule has 0 aliphatic carbocycles. The number of rotatable bonds is 3. The van der Waals surface area contributed by atoms with Crippen molar-refractivity contribution in [1.29, 1.82) is 0 Å². The fourth-order valence-electron chi connectivity index (χ4n) is 2.62. The van der Waals surface area contributed by atoms with Gasteiger partial charge in [0.2, 0.25) is 0 Å². The monoisotopic (exact) mass is 297 g/mol. The van der Waals surface area contributed by atoms with Crippen LogP contribution in [0.4, 0.5) is 10.5 Å². The summed E-state index contributed by atoms with van der Waals surface area (Å²) >= 11 is 0. The third-order valence-corrected chi connectivity index (χ3v) is 3.73.